The zero-order valence-corrected chi connectivity index (χ0v) is 19.0. The van der Waals surface area contributed by atoms with Gasteiger partial charge in [0, 0.05) is 23.5 Å². The van der Waals surface area contributed by atoms with Gasteiger partial charge in [-0.2, -0.15) is 0 Å². The quantitative estimate of drug-likeness (QED) is 0.665. The highest BCUT2D eigenvalue weighted by molar-refractivity contribution is 7.17. The lowest BCUT2D eigenvalue weighted by Crippen LogP contribution is -2.30. The first kappa shape index (κ1) is 23.8. The number of rotatable bonds is 7. The maximum atomic E-state index is 12.9. The summed E-state index contributed by atoms with van der Waals surface area (Å²) >= 11 is 1.40. The molecule has 0 radical (unpaired) electrons. The molecule has 164 valence electrons. The van der Waals surface area contributed by atoms with Gasteiger partial charge in [0.2, 0.25) is 5.75 Å². The van der Waals surface area contributed by atoms with Crippen molar-refractivity contribution in [3.05, 3.63) is 33.7 Å². The Morgan fingerprint density at radius 3 is 2.30 bits per heavy atom. The highest BCUT2D eigenvalue weighted by atomic mass is 35.5. The number of amides is 2. The van der Waals surface area contributed by atoms with E-state index in [9.17, 15) is 9.59 Å². The summed E-state index contributed by atoms with van der Waals surface area (Å²) in [5, 5.41) is 3.32. The summed E-state index contributed by atoms with van der Waals surface area (Å²) in [5.74, 6) is 0.216. The highest BCUT2D eigenvalue weighted by Gasteiger charge is 2.28. The van der Waals surface area contributed by atoms with Crippen molar-refractivity contribution in [2.75, 3.05) is 39.7 Å². The molecule has 0 saturated heterocycles. The fourth-order valence-electron chi connectivity index (χ4n) is 3.46. The van der Waals surface area contributed by atoms with Gasteiger partial charge in [0.25, 0.3) is 11.8 Å². The van der Waals surface area contributed by atoms with E-state index >= 15 is 0 Å². The number of carbonyl (C=O) groups excluding carboxylic acids is 2. The molecule has 3 N–H and O–H groups in total. The standard InChI is InChI=1S/C20H25N3O5S.ClH/c1-5-23-7-6-12-15(10-23)29-20(16(12)18(21)24)22-19(25)11-8-13(26-2)17(28-4)14(9-11)27-3;/h8-9H,5-7,10H2,1-4H3,(H2,21,24)(H,22,25);1H. The van der Waals surface area contributed by atoms with E-state index in [-0.39, 0.29) is 12.4 Å². The van der Waals surface area contributed by atoms with E-state index in [1.165, 1.54) is 32.7 Å². The summed E-state index contributed by atoms with van der Waals surface area (Å²) in [6.45, 7) is 4.63. The van der Waals surface area contributed by atoms with Crippen LogP contribution in [0.5, 0.6) is 17.2 Å². The number of hydrogen-bond acceptors (Lipinski definition) is 7. The van der Waals surface area contributed by atoms with Crippen molar-refractivity contribution in [1.82, 2.24) is 4.90 Å². The highest BCUT2D eigenvalue weighted by Crippen LogP contribution is 2.40. The van der Waals surface area contributed by atoms with Crippen LogP contribution in [0.15, 0.2) is 12.1 Å². The van der Waals surface area contributed by atoms with Gasteiger partial charge in [-0.15, -0.1) is 23.7 Å². The molecule has 0 bridgehead atoms. The van der Waals surface area contributed by atoms with E-state index in [4.69, 9.17) is 19.9 Å². The second-order valence-corrected chi connectivity index (χ2v) is 7.66. The second kappa shape index (κ2) is 10.0. The monoisotopic (exact) mass is 455 g/mol. The van der Waals surface area contributed by atoms with E-state index in [0.29, 0.717) is 33.4 Å². The van der Waals surface area contributed by atoms with Crippen LogP contribution in [-0.2, 0) is 13.0 Å². The number of carbonyl (C=O) groups is 2. The van der Waals surface area contributed by atoms with E-state index < -0.39 is 11.8 Å². The number of fused-ring (bicyclic) bond motifs is 1. The van der Waals surface area contributed by atoms with E-state index in [1.807, 2.05) is 0 Å². The number of methoxy groups -OCH3 is 3. The predicted octanol–water partition coefficient (Wildman–Crippen LogP) is 2.92. The molecule has 0 unspecified atom stereocenters. The Bertz CT molecular complexity index is 922. The van der Waals surface area contributed by atoms with Crippen LogP contribution in [-0.4, -0.2) is 51.1 Å². The van der Waals surface area contributed by atoms with Crippen LogP contribution < -0.4 is 25.3 Å². The molecule has 0 fully saturated rings. The van der Waals surface area contributed by atoms with Crippen LogP contribution in [0.25, 0.3) is 0 Å². The molecule has 1 aromatic heterocycles. The van der Waals surface area contributed by atoms with Crippen molar-refractivity contribution in [2.45, 2.75) is 19.9 Å². The third-order valence-electron chi connectivity index (χ3n) is 4.98. The number of nitrogens with one attached hydrogen (secondary N) is 1. The van der Waals surface area contributed by atoms with Crippen molar-refractivity contribution in [3.63, 3.8) is 0 Å². The maximum absolute atomic E-state index is 12.9. The van der Waals surface area contributed by atoms with Gasteiger partial charge < -0.3 is 25.3 Å². The summed E-state index contributed by atoms with van der Waals surface area (Å²) in [6, 6.07) is 3.12. The van der Waals surface area contributed by atoms with Crippen LogP contribution in [0.1, 0.15) is 38.1 Å². The van der Waals surface area contributed by atoms with Gasteiger partial charge in [0.05, 0.1) is 26.9 Å². The van der Waals surface area contributed by atoms with Crippen molar-refractivity contribution in [2.24, 2.45) is 5.73 Å². The largest absolute Gasteiger partial charge is 0.493 e. The van der Waals surface area contributed by atoms with Gasteiger partial charge in [-0.1, -0.05) is 6.92 Å². The Morgan fingerprint density at radius 1 is 1.17 bits per heavy atom. The molecule has 10 heteroatoms. The SMILES string of the molecule is CCN1CCc2c(sc(NC(=O)c3cc(OC)c(OC)c(OC)c3)c2C(N)=O)C1.Cl. The maximum Gasteiger partial charge on any atom is 0.256 e. The van der Waals surface area contributed by atoms with E-state index in [1.54, 1.807) is 12.1 Å². The van der Waals surface area contributed by atoms with Crippen LogP contribution in [0.3, 0.4) is 0 Å². The van der Waals surface area contributed by atoms with Crippen LogP contribution in [0, 0.1) is 0 Å². The molecule has 2 amide bonds. The molecule has 1 aromatic carbocycles. The zero-order valence-electron chi connectivity index (χ0n) is 17.4. The first-order chi connectivity index (χ1) is 13.9. The number of likely N-dealkylation sites (N-methyl/N-ethyl adjacent to an activating group) is 1. The van der Waals surface area contributed by atoms with Crippen LogP contribution >= 0.6 is 23.7 Å². The van der Waals surface area contributed by atoms with Crippen molar-refractivity contribution < 1.29 is 23.8 Å². The minimum atomic E-state index is -0.535. The van der Waals surface area contributed by atoms with Crippen molar-refractivity contribution in [3.8, 4) is 17.2 Å². The summed E-state index contributed by atoms with van der Waals surface area (Å²) < 4.78 is 15.9. The molecule has 1 aliphatic heterocycles. The van der Waals surface area contributed by atoms with Crippen LogP contribution in [0.2, 0.25) is 0 Å². The molecule has 0 spiro atoms. The summed E-state index contributed by atoms with van der Waals surface area (Å²) in [5.41, 5.74) is 7.30. The number of thiophene rings is 1. The topological polar surface area (TPSA) is 103 Å². The third-order valence-corrected chi connectivity index (χ3v) is 6.12. The number of hydrogen-bond donors (Lipinski definition) is 2. The number of nitrogens with zero attached hydrogens (tertiary/aromatic N) is 1. The molecular formula is C20H26ClN3O5S. The average Bonchev–Trinajstić information content (AvgIpc) is 3.09. The molecular weight excluding hydrogens is 430 g/mol. The van der Waals surface area contributed by atoms with Crippen LogP contribution in [0.4, 0.5) is 5.00 Å². The zero-order chi connectivity index (χ0) is 21.1. The summed E-state index contributed by atoms with van der Waals surface area (Å²) in [6.07, 6.45) is 0.734. The Morgan fingerprint density at radius 2 is 1.80 bits per heavy atom. The first-order valence-corrected chi connectivity index (χ1v) is 10.0. The van der Waals surface area contributed by atoms with Crippen molar-refractivity contribution >= 4 is 40.6 Å². The number of primary amides is 1. The molecule has 0 saturated carbocycles. The Balaban J connectivity index is 0.00000320. The lowest BCUT2D eigenvalue weighted by molar-refractivity contribution is 0.1000. The van der Waals surface area contributed by atoms with Gasteiger partial charge >= 0.3 is 0 Å². The number of anilines is 1. The second-order valence-electron chi connectivity index (χ2n) is 6.56. The fraction of sp³-hybridized carbons (Fsp3) is 0.400. The van der Waals surface area contributed by atoms with Gasteiger partial charge in [-0.25, -0.2) is 0 Å². The number of halogens is 1. The Kier molecular flexibility index (Phi) is 7.94. The van der Waals surface area contributed by atoms with Crippen molar-refractivity contribution in [1.29, 1.82) is 0 Å². The van der Waals surface area contributed by atoms with Gasteiger partial charge in [-0.3, -0.25) is 14.5 Å². The molecule has 2 heterocycles. The number of benzene rings is 1. The average molecular weight is 456 g/mol. The minimum Gasteiger partial charge on any atom is -0.493 e. The molecule has 0 atom stereocenters. The number of nitrogens with two attached hydrogens (primary N) is 1. The minimum absolute atomic E-state index is 0. The van der Waals surface area contributed by atoms with Gasteiger partial charge in [0.15, 0.2) is 11.5 Å². The first-order valence-electron chi connectivity index (χ1n) is 9.21. The fourth-order valence-corrected chi connectivity index (χ4v) is 4.75. The number of ether oxygens (including phenoxy) is 3. The smallest absolute Gasteiger partial charge is 0.256 e. The summed E-state index contributed by atoms with van der Waals surface area (Å²) in [4.78, 5) is 28.4. The van der Waals surface area contributed by atoms with Gasteiger partial charge in [-0.05, 0) is 30.7 Å². The molecule has 1 aliphatic rings. The van der Waals surface area contributed by atoms with E-state index in [0.717, 1.165) is 36.5 Å². The Labute approximate surface area is 185 Å². The molecule has 2 aromatic rings. The lowest BCUT2D eigenvalue weighted by Gasteiger charge is -2.25. The van der Waals surface area contributed by atoms with Gasteiger partial charge in [0.1, 0.15) is 5.00 Å². The molecule has 0 aliphatic carbocycles. The molecule has 8 nitrogen and oxygen atoms in total. The molecule has 3 rings (SSSR count). The lowest BCUT2D eigenvalue weighted by atomic mass is 10.0. The molecule has 30 heavy (non-hydrogen) atoms. The normalized spacial score (nSPS) is 13.1. The third kappa shape index (κ3) is 4.48. The van der Waals surface area contributed by atoms with E-state index in [2.05, 4.69) is 17.1 Å². The Hall–Kier alpha value is -2.49. The summed E-state index contributed by atoms with van der Waals surface area (Å²) in [7, 11) is 4.46. The predicted molar refractivity (Wildman–Crippen MR) is 119 cm³/mol.